The minimum absolute atomic E-state index is 0.179. The molecule has 1 N–H and O–H groups in total. The maximum Gasteiger partial charge on any atom is 0.265 e. The fourth-order valence-corrected chi connectivity index (χ4v) is 5.78. The zero-order valence-electron chi connectivity index (χ0n) is 15.9. The van der Waals surface area contributed by atoms with Crippen molar-refractivity contribution in [2.45, 2.75) is 37.8 Å². The maximum absolute atomic E-state index is 13.4. The van der Waals surface area contributed by atoms with Crippen LogP contribution in [-0.2, 0) is 10.4 Å². The van der Waals surface area contributed by atoms with Gasteiger partial charge >= 0.3 is 0 Å². The molecule has 0 aliphatic carbocycles. The van der Waals surface area contributed by atoms with Crippen LogP contribution in [0.3, 0.4) is 0 Å². The second-order valence-electron chi connectivity index (χ2n) is 7.69. The Kier molecular flexibility index (Phi) is 5.87. The van der Waals surface area contributed by atoms with Crippen molar-refractivity contribution in [2.75, 3.05) is 33.7 Å². The van der Waals surface area contributed by atoms with Gasteiger partial charge in [-0.1, -0.05) is 19.1 Å². The first kappa shape index (κ1) is 19.5. The zero-order chi connectivity index (χ0) is 18.8. The Morgan fingerprint density at radius 3 is 2.15 bits per heavy atom. The number of carbonyl (C=O) groups excluding carboxylic acids is 1. The maximum atomic E-state index is 13.4. The van der Waals surface area contributed by atoms with Crippen molar-refractivity contribution in [2.24, 2.45) is 0 Å². The van der Waals surface area contributed by atoms with E-state index in [1.807, 2.05) is 39.9 Å². The molecule has 1 aliphatic heterocycles. The van der Waals surface area contributed by atoms with Gasteiger partial charge in [0, 0.05) is 25.9 Å². The summed E-state index contributed by atoms with van der Waals surface area (Å²) in [7, 11) is 4.58. The topological polar surface area (TPSA) is 40.5 Å². The van der Waals surface area contributed by atoms with Gasteiger partial charge in [0.1, 0.15) is 0 Å². The molecule has 3 heterocycles. The molecule has 0 saturated carbocycles. The number of nitrogens with zero attached hydrogens (tertiary/aromatic N) is 2. The Morgan fingerprint density at radius 1 is 1.19 bits per heavy atom. The molecule has 0 radical (unpaired) electrons. The van der Waals surface area contributed by atoms with Crippen LogP contribution in [0.25, 0.3) is 0 Å². The number of aliphatic hydroxyl groups is 1. The van der Waals surface area contributed by atoms with E-state index in [0.717, 1.165) is 23.9 Å². The number of piperidine rings is 1. The minimum atomic E-state index is -1.55. The number of carbonyl (C=O) groups is 1. The third-order valence-corrected chi connectivity index (χ3v) is 7.56. The average Bonchev–Trinajstić information content (AvgIpc) is 3.34. The van der Waals surface area contributed by atoms with Crippen LogP contribution >= 0.6 is 22.7 Å². The normalized spacial score (nSPS) is 16.8. The van der Waals surface area contributed by atoms with Gasteiger partial charge < -0.3 is 14.5 Å². The molecule has 1 saturated heterocycles. The molecular formula is C20H29N2O2S2+. The summed E-state index contributed by atoms with van der Waals surface area (Å²) in [4.78, 5) is 16.7. The van der Waals surface area contributed by atoms with E-state index in [9.17, 15) is 9.90 Å². The van der Waals surface area contributed by atoms with Crippen molar-refractivity contribution in [1.29, 1.82) is 0 Å². The van der Waals surface area contributed by atoms with Gasteiger partial charge in [-0.3, -0.25) is 4.79 Å². The highest BCUT2D eigenvalue weighted by Gasteiger charge is 2.46. The summed E-state index contributed by atoms with van der Waals surface area (Å²) in [5.74, 6) is -0.179. The van der Waals surface area contributed by atoms with Crippen LogP contribution in [0, 0.1) is 0 Å². The summed E-state index contributed by atoms with van der Waals surface area (Å²) >= 11 is 2.88. The van der Waals surface area contributed by atoms with E-state index in [4.69, 9.17) is 0 Å². The molecule has 4 nitrogen and oxygen atoms in total. The van der Waals surface area contributed by atoms with E-state index in [1.165, 1.54) is 29.1 Å². The van der Waals surface area contributed by atoms with Crippen molar-refractivity contribution < 1.29 is 14.4 Å². The lowest BCUT2D eigenvalue weighted by Gasteiger charge is -2.44. The largest absolute Gasteiger partial charge is 0.371 e. The molecule has 2 aromatic heterocycles. The number of amides is 1. The summed E-state index contributed by atoms with van der Waals surface area (Å²) in [5, 5.41) is 15.3. The SMILES string of the molecule is CCC[N+](C)(C)C1CCN(C(=O)C(O)(c2cccs2)c2cccs2)CC1. The van der Waals surface area contributed by atoms with Gasteiger partial charge in [-0.05, 0) is 29.3 Å². The van der Waals surface area contributed by atoms with Crippen molar-refractivity contribution in [3.63, 3.8) is 0 Å². The summed E-state index contributed by atoms with van der Waals surface area (Å²) < 4.78 is 1.01. The van der Waals surface area contributed by atoms with Gasteiger partial charge in [0.2, 0.25) is 5.60 Å². The monoisotopic (exact) mass is 393 g/mol. The van der Waals surface area contributed by atoms with E-state index in [2.05, 4.69) is 21.0 Å². The molecule has 1 fully saturated rings. The van der Waals surface area contributed by atoms with Crippen LogP contribution in [0.1, 0.15) is 35.9 Å². The Hall–Kier alpha value is -1.21. The van der Waals surface area contributed by atoms with E-state index < -0.39 is 5.60 Å². The molecule has 142 valence electrons. The third kappa shape index (κ3) is 3.60. The Balaban J connectivity index is 1.78. The summed E-state index contributed by atoms with van der Waals surface area (Å²) in [6.07, 6.45) is 3.15. The molecule has 0 unspecified atom stereocenters. The zero-order valence-corrected chi connectivity index (χ0v) is 17.5. The van der Waals surface area contributed by atoms with Gasteiger partial charge in [0.15, 0.2) is 0 Å². The molecule has 2 aromatic rings. The van der Waals surface area contributed by atoms with E-state index in [-0.39, 0.29) is 5.91 Å². The predicted octanol–water partition coefficient (Wildman–Crippen LogP) is 3.52. The van der Waals surface area contributed by atoms with Crippen molar-refractivity contribution in [1.82, 2.24) is 4.90 Å². The molecule has 0 spiro atoms. The van der Waals surface area contributed by atoms with Crippen LogP contribution < -0.4 is 0 Å². The van der Waals surface area contributed by atoms with Crippen LogP contribution in [-0.4, -0.2) is 60.2 Å². The molecule has 0 bridgehead atoms. The number of thiophene rings is 2. The highest BCUT2D eigenvalue weighted by Crippen LogP contribution is 2.38. The van der Waals surface area contributed by atoms with Crippen LogP contribution in [0.15, 0.2) is 35.0 Å². The molecule has 0 aromatic carbocycles. The average molecular weight is 394 g/mol. The molecule has 26 heavy (non-hydrogen) atoms. The Morgan fingerprint density at radius 2 is 1.73 bits per heavy atom. The van der Waals surface area contributed by atoms with Crippen LogP contribution in [0.5, 0.6) is 0 Å². The lowest BCUT2D eigenvalue weighted by Crippen LogP contribution is -2.57. The number of quaternary nitrogens is 1. The number of rotatable bonds is 6. The Labute approximate surface area is 164 Å². The van der Waals surface area contributed by atoms with Gasteiger partial charge in [-0.25, -0.2) is 0 Å². The highest BCUT2D eigenvalue weighted by molar-refractivity contribution is 7.12. The van der Waals surface area contributed by atoms with Gasteiger partial charge in [-0.15, -0.1) is 22.7 Å². The molecule has 1 amide bonds. The van der Waals surface area contributed by atoms with Crippen LogP contribution in [0.4, 0.5) is 0 Å². The lowest BCUT2D eigenvalue weighted by molar-refractivity contribution is -0.916. The summed E-state index contributed by atoms with van der Waals surface area (Å²) in [6.45, 7) is 4.82. The molecule has 6 heteroatoms. The van der Waals surface area contributed by atoms with Crippen molar-refractivity contribution in [3.8, 4) is 0 Å². The smallest absolute Gasteiger partial charge is 0.265 e. The van der Waals surface area contributed by atoms with Crippen molar-refractivity contribution >= 4 is 28.6 Å². The van der Waals surface area contributed by atoms with Gasteiger partial charge in [-0.2, -0.15) is 0 Å². The Bertz CT molecular complexity index is 668. The second-order valence-corrected chi connectivity index (χ2v) is 9.59. The van der Waals surface area contributed by atoms with Crippen LogP contribution in [0.2, 0.25) is 0 Å². The standard InChI is InChI=1S/C20H29N2O2S2/c1-4-13-22(2,3)16-9-11-21(12-10-16)19(23)20(24,17-7-5-14-25-17)18-8-6-15-26-18/h5-8,14-16,24H,4,9-13H2,1-3H3/q+1. The molecule has 1 aliphatic rings. The quantitative estimate of drug-likeness (QED) is 0.763. The first-order chi connectivity index (χ1) is 12.4. The minimum Gasteiger partial charge on any atom is -0.371 e. The summed E-state index contributed by atoms with van der Waals surface area (Å²) in [5.41, 5.74) is -1.55. The first-order valence-electron chi connectivity index (χ1n) is 9.32. The number of likely N-dealkylation sites (tertiary alicyclic amines) is 1. The van der Waals surface area contributed by atoms with Crippen molar-refractivity contribution in [3.05, 3.63) is 44.8 Å². The first-order valence-corrected chi connectivity index (χ1v) is 11.1. The fraction of sp³-hybridized carbons (Fsp3) is 0.550. The number of hydrogen-bond donors (Lipinski definition) is 1. The van der Waals surface area contributed by atoms with E-state index in [1.54, 1.807) is 0 Å². The predicted molar refractivity (Wildman–Crippen MR) is 109 cm³/mol. The molecular weight excluding hydrogens is 364 g/mol. The van der Waals surface area contributed by atoms with Gasteiger partial charge in [0.05, 0.1) is 36.4 Å². The highest BCUT2D eigenvalue weighted by atomic mass is 32.1. The fourth-order valence-electron chi connectivity index (χ4n) is 4.06. The second kappa shape index (κ2) is 7.80. The molecule has 0 atom stereocenters. The van der Waals surface area contributed by atoms with E-state index in [0.29, 0.717) is 28.9 Å². The number of hydrogen-bond acceptors (Lipinski definition) is 4. The van der Waals surface area contributed by atoms with Gasteiger partial charge in [0.25, 0.3) is 5.91 Å². The molecule has 3 rings (SSSR count). The van der Waals surface area contributed by atoms with E-state index >= 15 is 0 Å². The lowest BCUT2D eigenvalue weighted by atomic mass is 9.94. The third-order valence-electron chi connectivity index (χ3n) is 5.61. The summed E-state index contributed by atoms with van der Waals surface area (Å²) in [6, 6.07) is 8.08.